The number of hydrogen-bond acceptors (Lipinski definition) is 5. The van der Waals surface area contributed by atoms with Crippen molar-refractivity contribution in [2.24, 2.45) is 11.8 Å². The van der Waals surface area contributed by atoms with Crippen LogP contribution in [0.5, 0.6) is 0 Å². The van der Waals surface area contributed by atoms with Gasteiger partial charge in [-0.15, -0.1) is 0 Å². The van der Waals surface area contributed by atoms with Crippen LogP contribution in [0.15, 0.2) is 42.9 Å². The number of anilines is 1. The lowest BCUT2D eigenvalue weighted by atomic mass is 9.93. The molecular formula is C20H24N4O2. The fourth-order valence-corrected chi connectivity index (χ4v) is 4.09. The Kier molecular flexibility index (Phi) is 4.84. The van der Waals surface area contributed by atoms with Crippen LogP contribution in [0.3, 0.4) is 0 Å². The minimum absolute atomic E-state index is 0.0674. The van der Waals surface area contributed by atoms with E-state index in [9.17, 15) is 4.79 Å². The molecule has 2 atom stereocenters. The first kappa shape index (κ1) is 17.0. The highest BCUT2D eigenvalue weighted by atomic mass is 16.5. The van der Waals surface area contributed by atoms with Crippen LogP contribution in [0.2, 0.25) is 0 Å². The molecule has 0 N–H and O–H groups in total. The minimum Gasteiger partial charge on any atom is -0.384 e. The van der Waals surface area contributed by atoms with Crippen molar-refractivity contribution in [2.45, 2.75) is 13.0 Å². The molecule has 2 aromatic rings. The highest BCUT2D eigenvalue weighted by Crippen LogP contribution is 2.30. The van der Waals surface area contributed by atoms with E-state index in [2.05, 4.69) is 33.1 Å². The van der Waals surface area contributed by atoms with Gasteiger partial charge in [0, 0.05) is 51.6 Å². The highest BCUT2D eigenvalue weighted by Gasteiger charge is 2.40. The molecule has 1 amide bonds. The molecule has 1 saturated heterocycles. The fraction of sp³-hybridized carbons (Fsp3) is 0.450. The first-order valence-electron chi connectivity index (χ1n) is 9.11. The van der Waals surface area contributed by atoms with Crippen molar-refractivity contribution in [3.63, 3.8) is 0 Å². The van der Waals surface area contributed by atoms with E-state index in [-0.39, 0.29) is 17.7 Å². The minimum atomic E-state index is -0.0674. The summed E-state index contributed by atoms with van der Waals surface area (Å²) in [5.41, 5.74) is 2.62. The van der Waals surface area contributed by atoms with Gasteiger partial charge in [-0.05, 0) is 17.5 Å². The SMILES string of the molecule is COCC1CN(c2cnccn2)CC1C(=O)N1CCc2ccccc2C1. The van der Waals surface area contributed by atoms with Crippen LogP contribution in [-0.2, 0) is 22.5 Å². The van der Waals surface area contributed by atoms with Crippen LogP contribution >= 0.6 is 0 Å². The van der Waals surface area contributed by atoms with Crippen LogP contribution in [0.1, 0.15) is 11.1 Å². The Morgan fingerprint density at radius 2 is 2.08 bits per heavy atom. The maximum atomic E-state index is 13.3. The second-order valence-corrected chi connectivity index (χ2v) is 7.07. The summed E-state index contributed by atoms with van der Waals surface area (Å²) in [5.74, 6) is 1.16. The van der Waals surface area contributed by atoms with E-state index in [4.69, 9.17) is 4.74 Å². The normalized spacial score (nSPS) is 22.3. The molecular weight excluding hydrogens is 328 g/mol. The van der Waals surface area contributed by atoms with Gasteiger partial charge in [0.1, 0.15) is 5.82 Å². The Hall–Kier alpha value is -2.47. The first-order chi connectivity index (χ1) is 12.8. The van der Waals surface area contributed by atoms with E-state index in [1.165, 1.54) is 11.1 Å². The van der Waals surface area contributed by atoms with Crippen molar-refractivity contribution >= 4 is 11.7 Å². The zero-order chi connectivity index (χ0) is 17.9. The summed E-state index contributed by atoms with van der Waals surface area (Å²) in [6, 6.07) is 8.41. The molecule has 4 rings (SSSR count). The van der Waals surface area contributed by atoms with Gasteiger partial charge in [-0.2, -0.15) is 0 Å². The number of nitrogens with zero attached hydrogens (tertiary/aromatic N) is 4. The number of benzene rings is 1. The lowest BCUT2D eigenvalue weighted by Gasteiger charge is -2.32. The number of methoxy groups -OCH3 is 1. The van der Waals surface area contributed by atoms with Gasteiger partial charge in [-0.25, -0.2) is 4.98 Å². The topological polar surface area (TPSA) is 58.6 Å². The van der Waals surface area contributed by atoms with Crippen LogP contribution in [0.4, 0.5) is 5.82 Å². The van der Waals surface area contributed by atoms with Gasteiger partial charge < -0.3 is 14.5 Å². The van der Waals surface area contributed by atoms with Crippen LogP contribution in [0.25, 0.3) is 0 Å². The molecule has 2 aliphatic rings. The maximum absolute atomic E-state index is 13.3. The lowest BCUT2D eigenvalue weighted by molar-refractivity contribution is -0.137. The summed E-state index contributed by atoms with van der Waals surface area (Å²) in [4.78, 5) is 26.0. The number of rotatable bonds is 4. The van der Waals surface area contributed by atoms with E-state index in [0.717, 1.165) is 25.3 Å². The zero-order valence-electron chi connectivity index (χ0n) is 15.0. The number of fused-ring (bicyclic) bond motifs is 1. The molecule has 0 saturated carbocycles. The van der Waals surface area contributed by atoms with Gasteiger partial charge in [0.05, 0.1) is 18.7 Å². The monoisotopic (exact) mass is 352 g/mol. The predicted octanol–water partition coefficient (Wildman–Crippen LogP) is 1.76. The summed E-state index contributed by atoms with van der Waals surface area (Å²) < 4.78 is 5.40. The average molecular weight is 352 g/mol. The molecule has 2 aliphatic heterocycles. The standard InChI is InChI=1S/C20H24N4O2/c1-26-14-17-12-24(19-10-21-7-8-22-19)13-18(17)20(25)23-9-6-15-4-2-3-5-16(15)11-23/h2-5,7-8,10,17-18H,6,9,11-14H2,1H3. The Morgan fingerprint density at radius 3 is 2.85 bits per heavy atom. The lowest BCUT2D eigenvalue weighted by Crippen LogP contribution is -2.42. The molecule has 1 aromatic carbocycles. The fourth-order valence-electron chi connectivity index (χ4n) is 4.09. The largest absolute Gasteiger partial charge is 0.384 e. The summed E-state index contributed by atoms with van der Waals surface area (Å²) in [7, 11) is 1.70. The van der Waals surface area contributed by atoms with E-state index in [1.54, 1.807) is 25.7 Å². The molecule has 0 aliphatic carbocycles. The predicted molar refractivity (Wildman–Crippen MR) is 98.7 cm³/mol. The number of ether oxygens (including phenoxy) is 1. The zero-order valence-corrected chi connectivity index (χ0v) is 15.0. The van der Waals surface area contributed by atoms with Crippen molar-refractivity contribution in [2.75, 3.05) is 38.3 Å². The van der Waals surface area contributed by atoms with Crippen molar-refractivity contribution in [1.29, 1.82) is 0 Å². The molecule has 26 heavy (non-hydrogen) atoms. The molecule has 0 spiro atoms. The number of hydrogen-bond donors (Lipinski definition) is 0. The van der Waals surface area contributed by atoms with Crippen LogP contribution in [0, 0.1) is 11.8 Å². The molecule has 6 nitrogen and oxygen atoms in total. The molecule has 0 radical (unpaired) electrons. The molecule has 0 bridgehead atoms. The molecule has 2 unspecified atom stereocenters. The number of carbonyl (C=O) groups excluding carboxylic acids is 1. The number of amides is 1. The van der Waals surface area contributed by atoms with Crippen LogP contribution in [-0.4, -0.2) is 54.1 Å². The summed E-state index contributed by atoms with van der Waals surface area (Å²) in [5, 5.41) is 0. The second kappa shape index (κ2) is 7.41. The van der Waals surface area contributed by atoms with Crippen molar-refractivity contribution in [1.82, 2.24) is 14.9 Å². The van der Waals surface area contributed by atoms with Gasteiger partial charge >= 0.3 is 0 Å². The summed E-state index contributed by atoms with van der Waals surface area (Å²) >= 11 is 0. The molecule has 1 fully saturated rings. The van der Waals surface area contributed by atoms with Gasteiger partial charge in [0.15, 0.2) is 0 Å². The van der Waals surface area contributed by atoms with Gasteiger partial charge in [0.25, 0.3) is 0 Å². The Labute approximate surface area is 153 Å². The van der Waals surface area contributed by atoms with Crippen molar-refractivity contribution in [3.05, 3.63) is 54.0 Å². The van der Waals surface area contributed by atoms with Gasteiger partial charge in [-0.3, -0.25) is 9.78 Å². The van der Waals surface area contributed by atoms with Crippen molar-refractivity contribution < 1.29 is 9.53 Å². The number of aromatic nitrogens is 2. The summed E-state index contributed by atoms with van der Waals surface area (Å²) in [6.07, 6.45) is 6.04. The third kappa shape index (κ3) is 3.29. The van der Waals surface area contributed by atoms with E-state index < -0.39 is 0 Å². The molecule has 1 aromatic heterocycles. The number of carbonyl (C=O) groups is 1. The first-order valence-corrected chi connectivity index (χ1v) is 9.11. The second-order valence-electron chi connectivity index (χ2n) is 7.07. The molecule has 3 heterocycles. The Balaban J connectivity index is 1.50. The Bertz CT molecular complexity index is 767. The third-order valence-corrected chi connectivity index (χ3v) is 5.45. The molecule has 6 heteroatoms. The smallest absolute Gasteiger partial charge is 0.228 e. The van der Waals surface area contributed by atoms with Gasteiger partial charge in [0.2, 0.25) is 5.91 Å². The van der Waals surface area contributed by atoms with E-state index in [0.29, 0.717) is 19.7 Å². The van der Waals surface area contributed by atoms with E-state index >= 15 is 0 Å². The maximum Gasteiger partial charge on any atom is 0.228 e. The average Bonchev–Trinajstić information content (AvgIpc) is 3.12. The highest BCUT2D eigenvalue weighted by molar-refractivity contribution is 5.81. The summed E-state index contributed by atoms with van der Waals surface area (Å²) in [6.45, 7) is 3.52. The quantitative estimate of drug-likeness (QED) is 0.839. The van der Waals surface area contributed by atoms with Crippen molar-refractivity contribution in [3.8, 4) is 0 Å². The van der Waals surface area contributed by atoms with Crippen LogP contribution < -0.4 is 4.90 Å². The molecule has 136 valence electrons. The Morgan fingerprint density at radius 1 is 1.23 bits per heavy atom. The van der Waals surface area contributed by atoms with Gasteiger partial charge in [-0.1, -0.05) is 24.3 Å². The third-order valence-electron chi connectivity index (χ3n) is 5.45. The van der Waals surface area contributed by atoms with E-state index in [1.807, 2.05) is 11.0 Å².